The van der Waals surface area contributed by atoms with Crippen LogP contribution in [0.4, 0.5) is 0 Å². The fourth-order valence-corrected chi connectivity index (χ4v) is 1.47. The van der Waals surface area contributed by atoms with Crippen molar-refractivity contribution in [3.8, 4) is 5.75 Å². The molecular weight excluding hydrogens is 206 g/mol. The molecule has 1 aromatic rings. The third kappa shape index (κ3) is 3.55. The van der Waals surface area contributed by atoms with E-state index in [4.69, 9.17) is 10.2 Å². The molecule has 0 saturated carbocycles. The minimum atomic E-state index is -0.787. The van der Waals surface area contributed by atoms with Crippen molar-refractivity contribution in [3.63, 3.8) is 0 Å². The molecule has 1 aromatic carbocycles. The zero-order valence-corrected chi connectivity index (χ0v) is 9.55. The summed E-state index contributed by atoms with van der Waals surface area (Å²) < 4.78 is 0. The van der Waals surface area contributed by atoms with Gasteiger partial charge in [0.15, 0.2) is 0 Å². The van der Waals surface area contributed by atoms with Crippen LogP contribution in [0.5, 0.6) is 5.75 Å². The molecule has 0 aliphatic rings. The number of hydrogen-bond donors (Lipinski definition) is 2. The Hall–Kier alpha value is -1.55. The van der Waals surface area contributed by atoms with E-state index in [-0.39, 0.29) is 18.2 Å². The molecular formula is C12H17NO3. The standard InChI is InChI=1S/C12H17NO3/c1-9(13(2)8-7-12(15)16)10-3-5-11(14)6-4-10/h3-6,9,14H,7-8H2,1-2H3,(H,15,16). The number of aliphatic carboxylic acids is 1. The van der Waals surface area contributed by atoms with E-state index in [1.54, 1.807) is 12.1 Å². The summed E-state index contributed by atoms with van der Waals surface area (Å²) in [6.45, 7) is 2.52. The van der Waals surface area contributed by atoms with E-state index in [2.05, 4.69) is 0 Å². The zero-order chi connectivity index (χ0) is 12.1. The van der Waals surface area contributed by atoms with E-state index in [9.17, 15) is 4.79 Å². The first-order valence-corrected chi connectivity index (χ1v) is 5.21. The highest BCUT2D eigenvalue weighted by molar-refractivity contribution is 5.66. The van der Waals surface area contributed by atoms with Gasteiger partial charge in [0.1, 0.15) is 5.75 Å². The zero-order valence-electron chi connectivity index (χ0n) is 9.55. The molecule has 1 rings (SSSR count). The van der Waals surface area contributed by atoms with Crippen molar-refractivity contribution in [3.05, 3.63) is 29.8 Å². The highest BCUT2D eigenvalue weighted by Crippen LogP contribution is 2.20. The second kappa shape index (κ2) is 5.51. The number of carboxylic acids is 1. The number of carbonyl (C=O) groups is 1. The molecule has 2 N–H and O–H groups in total. The van der Waals surface area contributed by atoms with Crippen molar-refractivity contribution in [2.75, 3.05) is 13.6 Å². The van der Waals surface area contributed by atoms with E-state index in [0.29, 0.717) is 6.54 Å². The number of nitrogens with zero attached hydrogens (tertiary/aromatic N) is 1. The molecule has 0 aromatic heterocycles. The molecule has 88 valence electrons. The SMILES string of the molecule is CC(c1ccc(O)cc1)N(C)CCC(=O)O. The molecule has 0 aliphatic carbocycles. The van der Waals surface area contributed by atoms with Crippen LogP contribution < -0.4 is 0 Å². The van der Waals surface area contributed by atoms with Crippen molar-refractivity contribution in [2.45, 2.75) is 19.4 Å². The van der Waals surface area contributed by atoms with Crippen molar-refractivity contribution < 1.29 is 15.0 Å². The molecule has 1 unspecified atom stereocenters. The average Bonchev–Trinajstić information content (AvgIpc) is 2.26. The molecule has 0 heterocycles. The summed E-state index contributed by atoms with van der Waals surface area (Å²) in [6.07, 6.45) is 0.138. The summed E-state index contributed by atoms with van der Waals surface area (Å²) in [6, 6.07) is 7.10. The quantitative estimate of drug-likeness (QED) is 0.799. The van der Waals surface area contributed by atoms with Crippen LogP contribution in [0.2, 0.25) is 0 Å². The Morgan fingerprint density at radius 3 is 2.44 bits per heavy atom. The summed E-state index contributed by atoms with van der Waals surface area (Å²) in [5.41, 5.74) is 1.06. The topological polar surface area (TPSA) is 60.8 Å². The van der Waals surface area contributed by atoms with Crippen molar-refractivity contribution in [1.82, 2.24) is 4.90 Å². The number of phenols is 1. The molecule has 0 saturated heterocycles. The highest BCUT2D eigenvalue weighted by atomic mass is 16.4. The van der Waals surface area contributed by atoms with Crippen LogP contribution in [0.25, 0.3) is 0 Å². The normalized spacial score (nSPS) is 12.7. The first kappa shape index (κ1) is 12.5. The highest BCUT2D eigenvalue weighted by Gasteiger charge is 2.12. The van der Waals surface area contributed by atoms with E-state index in [0.717, 1.165) is 5.56 Å². The number of hydrogen-bond acceptors (Lipinski definition) is 3. The van der Waals surface area contributed by atoms with Gasteiger partial charge in [-0.1, -0.05) is 12.1 Å². The average molecular weight is 223 g/mol. The van der Waals surface area contributed by atoms with Crippen LogP contribution >= 0.6 is 0 Å². The predicted octanol–water partition coefficient (Wildman–Crippen LogP) is 1.86. The molecule has 0 aliphatic heterocycles. The Balaban J connectivity index is 2.59. The second-order valence-corrected chi connectivity index (χ2v) is 3.89. The summed E-state index contributed by atoms with van der Waals surface area (Å²) in [4.78, 5) is 12.4. The van der Waals surface area contributed by atoms with E-state index >= 15 is 0 Å². The van der Waals surface area contributed by atoms with Crippen LogP contribution in [0.1, 0.15) is 24.9 Å². The Morgan fingerprint density at radius 2 is 1.94 bits per heavy atom. The lowest BCUT2D eigenvalue weighted by atomic mass is 10.1. The largest absolute Gasteiger partial charge is 0.508 e. The summed E-state index contributed by atoms with van der Waals surface area (Å²) in [7, 11) is 1.89. The predicted molar refractivity (Wildman–Crippen MR) is 61.4 cm³/mol. The maximum absolute atomic E-state index is 10.4. The number of rotatable bonds is 5. The van der Waals surface area contributed by atoms with Gasteiger partial charge in [0.05, 0.1) is 6.42 Å². The van der Waals surface area contributed by atoms with Crippen LogP contribution in [0.3, 0.4) is 0 Å². The van der Waals surface area contributed by atoms with Gasteiger partial charge in [-0.3, -0.25) is 9.69 Å². The van der Waals surface area contributed by atoms with Gasteiger partial charge in [0, 0.05) is 12.6 Å². The Morgan fingerprint density at radius 1 is 1.38 bits per heavy atom. The third-order valence-corrected chi connectivity index (χ3v) is 2.72. The Kier molecular flexibility index (Phi) is 4.31. The molecule has 0 spiro atoms. The first-order valence-electron chi connectivity index (χ1n) is 5.21. The smallest absolute Gasteiger partial charge is 0.304 e. The van der Waals surface area contributed by atoms with Crippen molar-refractivity contribution in [1.29, 1.82) is 0 Å². The lowest BCUT2D eigenvalue weighted by molar-refractivity contribution is -0.137. The number of benzene rings is 1. The van der Waals surface area contributed by atoms with Gasteiger partial charge in [-0.15, -0.1) is 0 Å². The summed E-state index contributed by atoms with van der Waals surface area (Å²) in [5.74, 6) is -0.547. The minimum Gasteiger partial charge on any atom is -0.508 e. The van der Waals surface area contributed by atoms with Crippen LogP contribution in [-0.2, 0) is 4.79 Å². The summed E-state index contributed by atoms with van der Waals surface area (Å²) in [5, 5.41) is 17.8. The Labute approximate surface area is 95.1 Å². The van der Waals surface area contributed by atoms with Gasteiger partial charge < -0.3 is 10.2 Å². The fraction of sp³-hybridized carbons (Fsp3) is 0.417. The van der Waals surface area contributed by atoms with E-state index < -0.39 is 5.97 Å². The second-order valence-electron chi connectivity index (χ2n) is 3.89. The molecule has 0 radical (unpaired) electrons. The maximum atomic E-state index is 10.4. The molecule has 4 heteroatoms. The van der Waals surface area contributed by atoms with Gasteiger partial charge >= 0.3 is 5.97 Å². The maximum Gasteiger partial charge on any atom is 0.304 e. The van der Waals surface area contributed by atoms with Crippen molar-refractivity contribution >= 4 is 5.97 Å². The third-order valence-electron chi connectivity index (χ3n) is 2.72. The molecule has 1 atom stereocenters. The molecule has 4 nitrogen and oxygen atoms in total. The minimum absolute atomic E-state index is 0.138. The van der Waals surface area contributed by atoms with Crippen LogP contribution in [-0.4, -0.2) is 34.7 Å². The molecule has 0 bridgehead atoms. The molecule has 16 heavy (non-hydrogen) atoms. The lowest BCUT2D eigenvalue weighted by Gasteiger charge is -2.24. The molecule has 0 fully saturated rings. The van der Waals surface area contributed by atoms with Gasteiger partial charge in [0.2, 0.25) is 0 Å². The van der Waals surface area contributed by atoms with Crippen molar-refractivity contribution in [2.24, 2.45) is 0 Å². The van der Waals surface area contributed by atoms with Crippen LogP contribution in [0, 0.1) is 0 Å². The summed E-state index contributed by atoms with van der Waals surface area (Å²) >= 11 is 0. The van der Waals surface area contributed by atoms with Gasteiger partial charge in [-0.2, -0.15) is 0 Å². The van der Waals surface area contributed by atoms with Gasteiger partial charge in [0.25, 0.3) is 0 Å². The van der Waals surface area contributed by atoms with E-state index in [1.807, 2.05) is 31.0 Å². The Bertz CT molecular complexity index is 348. The number of carboxylic acid groups (broad SMARTS) is 1. The van der Waals surface area contributed by atoms with Crippen LogP contribution in [0.15, 0.2) is 24.3 Å². The first-order chi connectivity index (χ1) is 7.50. The number of phenolic OH excluding ortho intramolecular Hbond substituents is 1. The van der Waals surface area contributed by atoms with Gasteiger partial charge in [-0.05, 0) is 31.7 Å². The van der Waals surface area contributed by atoms with E-state index in [1.165, 1.54) is 0 Å². The monoisotopic (exact) mass is 223 g/mol. The number of aromatic hydroxyl groups is 1. The lowest BCUT2D eigenvalue weighted by Crippen LogP contribution is -2.25. The van der Waals surface area contributed by atoms with Gasteiger partial charge in [-0.25, -0.2) is 0 Å². The fourth-order valence-electron chi connectivity index (χ4n) is 1.47. The molecule has 0 amide bonds.